The van der Waals surface area contributed by atoms with Gasteiger partial charge < -0.3 is 15.7 Å². The summed E-state index contributed by atoms with van der Waals surface area (Å²) in [5.74, 6) is -1.09. The van der Waals surface area contributed by atoms with Gasteiger partial charge in [0.05, 0.1) is 22.5 Å². The Labute approximate surface area is 125 Å². The third-order valence-corrected chi connectivity index (χ3v) is 3.00. The predicted molar refractivity (Wildman–Crippen MR) is 77.5 cm³/mol. The third kappa shape index (κ3) is 3.96. The summed E-state index contributed by atoms with van der Waals surface area (Å²) < 4.78 is 1.63. The van der Waals surface area contributed by atoms with Gasteiger partial charge in [0.1, 0.15) is 0 Å². The number of nitrogens with zero attached hydrogens (tertiary/aromatic N) is 2. The molecule has 7 nitrogen and oxygen atoms in total. The van der Waals surface area contributed by atoms with Crippen LogP contribution in [0.4, 0.5) is 10.5 Å². The van der Waals surface area contributed by atoms with E-state index in [1.165, 1.54) is 18.2 Å². The second-order valence-corrected chi connectivity index (χ2v) is 4.74. The number of carboxylic acids is 1. The monoisotopic (exact) mass is 308 g/mol. The first-order valence-corrected chi connectivity index (χ1v) is 6.38. The van der Waals surface area contributed by atoms with Crippen molar-refractivity contribution in [3.05, 3.63) is 46.7 Å². The molecule has 0 bridgehead atoms. The first-order valence-electron chi connectivity index (χ1n) is 6.01. The highest BCUT2D eigenvalue weighted by Crippen LogP contribution is 2.23. The van der Waals surface area contributed by atoms with E-state index in [-0.39, 0.29) is 16.3 Å². The minimum Gasteiger partial charge on any atom is -0.478 e. The lowest BCUT2D eigenvalue weighted by Gasteiger charge is -2.09. The quantitative estimate of drug-likeness (QED) is 0.805. The molecule has 1 heterocycles. The molecule has 0 radical (unpaired) electrons. The number of hydrogen-bond donors (Lipinski definition) is 3. The van der Waals surface area contributed by atoms with Crippen molar-refractivity contribution in [1.82, 2.24) is 15.1 Å². The van der Waals surface area contributed by atoms with Crippen LogP contribution in [0.2, 0.25) is 5.02 Å². The van der Waals surface area contributed by atoms with Crippen LogP contribution < -0.4 is 10.6 Å². The van der Waals surface area contributed by atoms with Gasteiger partial charge in [0, 0.05) is 25.4 Å². The molecule has 0 atom stereocenters. The number of amides is 2. The molecule has 0 unspecified atom stereocenters. The van der Waals surface area contributed by atoms with Crippen molar-refractivity contribution in [2.45, 2.75) is 6.54 Å². The molecular weight excluding hydrogens is 296 g/mol. The molecule has 2 rings (SSSR count). The Balaban J connectivity index is 1.99. The number of aryl methyl sites for hydroxylation is 1. The molecule has 3 N–H and O–H groups in total. The minimum atomic E-state index is -1.09. The summed E-state index contributed by atoms with van der Waals surface area (Å²) >= 11 is 5.92. The van der Waals surface area contributed by atoms with Gasteiger partial charge in [0.15, 0.2) is 0 Å². The number of anilines is 1. The Kier molecular flexibility index (Phi) is 4.44. The van der Waals surface area contributed by atoms with Crippen LogP contribution in [-0.4, -0.2) is 26.9 Å². The average Bonchev–Trinajstić information content (AvgIpc) is 2.84. The van der Waals surface area contributed by atoms with Crippen molar-refractivity contribution in [2.75, 3.05) is 5.32 Å². The smallest absolute Gasteiger partial charge is 0.335 e. The van der Waals surface area contributed by atoms with Crippen molar-refractivity contribution in [2.24, 2.45) is 7.05 Å². The second kappa shape index (κ2) is 6.27. The van der Waals surface area contributed by atoms with E-state index in [0.29, 0.717) is 6.54 Å². The fraction of sp³-hybridized carbons (Fsp3) is 0.154. The molecule has 2 amide bonds. The minimum absolute atomic E-state index is 0.0435. The molecule has 0 spiro atoms. The standard InChI is InChI=1S/C13H13ClN4O3/c1-18-7-8(6-16-18)5-15-13(21)17-11-4-9(12(19)20)2-3-10(11)14/h2-4,6-7H,5H2,1H3,(H,19,20)(H2,15,17,21). The summed E-state index contributed by atoms with van der Waals surface area (Å²) in [5.41, 5.74) is 1.13. The fourth-order valence-corrected chi connectivity index (χ4v) is 1.83. The normalized spacial score (nSPS) is 10.2. The number of carbonyl (C=O) groups is 2. The van der Waals surface area contributed by atoms with Gasteiger partial charge in [0.2, 0.25) is 0 Å². The SMILES string of the molecule is Cn1cc(CNC(=O)Nc2cc(C(=O)O)ccc2Cl)cn1. The Hall–Kier alpha value is -2.54. The summed E-state index contributed by atoms with van der Waals surface area (Å²) in [6.07, 6.45) is 3.41. The number of benzene rings is 1. The van der Waals surface area contributed by atoms with Crippen molar-refractivity contribution in [1.29, 1.82) is 0 Å². The highest BCUT2D eigenvalue weighted by molar-refractivity contribution is 6.33. The van der Waals surface area contributed by atoms with E-state index in [4.69, 9.17) is 16.7 Å². The van der Waals surface area contributed by atoms with Gasteiger partial charge in [-0.1, -0.05) is 11.6 Å². The van der Waals surface area contributed by atoms with E-state index < -0.39 is 12.0 Å². The lowest BCUT2D eigenvalue weighted by atomic mass is 10.2. The van der Waals surface area contributed by atoms with Gasteiger partial charge >= 0.3 is 12.0 Å². The largest absolute Gasteiger partial charge is 0.478 e. The molecule has 8 heteroatoms. The highest BCUT2D eigenvalue weighted by Gasteiger charge is 2.10. The topological polar surface area (TPSA) is 96.2 Å². The first-order chi connectivity index (χ1) is 9.95. The Morgan fingerprint density at radius 2 is 2.19 bits per heavy atom. The maximum Gasteiger partial charge on any atom is 0.335 e. The number of aromatic carboxylic acids is 1. The number of hydrogen-bond acceptors (Lipinski definition) is 3. The fourth-order valence-electron chi connectivity index (χ4n) is 1.67. The van der Waals surface area contributed by atoms with Gasteiger partial charge in [-0.15, -0.1) is 0 Å². The highest BCUT2D eigenvalue weighted by atomic mass is 35.5. The zero-order valence-corrected chi connectivity index (χ0v) is 11.9. The van der Waals surface area contributed by atoms with Crippen LogP contribution in [0.5, 0.6) is 0 Å². The van der Waals surface area contributed by atoms with Gasteiger partial charge in [0.25, 0.3) is 0 Å². The molecule has 0 aliphatic heterocycles. The van der Waals surface area contributed by atoms with Gasteiger partial charge in [-0.3, -0.25) is 4.68 Å². The van der Waals surface area contributed by atoms with E-state index >= 15 is 0 Å². The molecule has 0 saturated heterocycles. The van der Waals surface area contributed by atoms with Crippen molar-refractivity contribution in [3.63, 3.8) is 0 Å². The summed E-state index contributed by atoms with van der Waals surface area (Å²) in [6.45, 7) is 0.302. The summed E-state index contributed by atoms with van der Waals surface area (Å²) in [5, 5.41) is 18.3. The van der Waals surface area contributed by atoms with Gasteiger partial charge in [-0.05, 0) is 18.2 Å². The van der Waals surface area contributed by atoms with Crippen LogP contribution in [0, 0.1) is 0 Å². The zero-order valence-electron chi connectivity index (χ0n) is 11.1. The lowest BCUT2D eigenvalue weighted by Crippen LogP contribution is -2.28. The lowest BCUT2D eigenvalue weighted by molar-refractivity contribution is 0.0697. The summed E-state index contributed by atoms with van der Waals surface area (Å²) in [7, 11) is 1.78. The van der Waals surface area contributed by atoms with Crippen LogP contribution in [-0.2, 0) is 13.6 Å². The molecule has 1 aromatic carbocycles. The Bertz CT molecular complexity index is 684. The number of rotatable bonds is 4. The average molecular weight is 309 g/mol. The van der Waals surface area contributed by atoms with Crippen LogP contribution in [0.1, 0.15) is 15.9 Å². The molecule has 0 saturated carbocycles. The Morgan fingerprint density at radius 3 is 2.81 bits per heavy atom. The maximum atomic E-state index is 11.8. The van der Waals surface area contributed by atoms with Crippen LogP contribution in [0.25, 0.3) is 0 Å². The molecule has 0 aliphatic carbocycles. The summed E-state index contributed by atoms with van der Waals surface area (Å²) in [6, 6.07) is 3.60. The number of aromatic nitrogens is 2. The van der Waals surface area contributed by atoms with E-state index in [9.17, 15) is 9.59 Å². The molecule has 110 valence electrons. The van der Waals surface area contributed by atoms with E-state index in [1.807, 2.05) is 0 Å². The molecule has 2 aromatic rings. The van der Waals surface area contributed by atoms with Gasteiger partial charge in [-0.25, -0.2) is 9.59 Å². The van der Waals surface area contributed by atoms with E-state index in [1.54, 1.807) is 24.1 Å². The summed E-state index contributed by atoms with van der Waals surface area (Å²) in [4.78, 5) is 22.7. The molecule has 21 heavy (non-hydrogen) atoms. The third-order valence-electron chi connectivity index (χ3n) is 2.67. The predicted octanol–water partition coefficient (Wildman–Crippen LogP) is 2.09. The van der Waals surface area contributed by atoms with E-state index in [2.05, 4.69) is 15.7 Å². The Morgan fingerprint density at radius 1 is 1.43 bits per heavy atom. The second-order valence-electron chi connectivity index (χ2n) is 4.33. The number of urea groups is 1. The molecule has 0 aliphatic rings. The first kappa shape index (κ1) is 14.9. The molecular formula is C13H13ClN4O3. The van der Waals surface area contributed by atoms with Crippen molar-refractivity contribution >= 4 is 29.3 Å². The van der Waals surface area contributed by atoms with Crippen molar-refractivity contribution in [3.8, 4) is 0 Å². The number of nitrogens with one attached hydrogen (secondary N) is 2. The molecule has 1 aromatic heterocycles. The number of halogens is 1. The zero-order chi connectivity index (χ0) is 15.4. The maximum absolute atomic E-state index is 11.8. The van der Waals surface area contributed by atoms with Crippen molar-refractivity contribution < 1.29 is 14.7 Å². The van der Waals surface area contributed by atoms with Crippen LogP contribution in [0.15, 0.2) is 30.6 Å². The van der Waals surface area contributed by atoms with Crippen LogP contribution >= 0.6 is 11.6 Å². The van der Waals surface area contributed by atoms with Crippen LogP contribution in [0.3, 0.4) is 0 Å². The van der Waals surface area contributed by atoms with Gasteiger partial charge in [-0.2, -0.15) is 5.10 Å². The number of carboxylic acid groups (broad SMARTS) is 1. The molecule has 0 fully saturated rings. The van der Waals surface area contributed by atoms with E-state index in [0.717, 1.165) is 5.56 Å². The number of carbonyl (C=O) groups excluding carboxylic acids is 1.